The van der Waals surface area contributed by atoms with Gasteiger partial charge in [0.25, 0.3) is 5.91 Å². The number of halogens is 4. The monoisotopic (exact) mass is 522 g/mol. The molecule has 2 aromatic rings. The number of nitrogens with one attached hydrogen (secondary N) is 1. The van der Waals surface area contributed by atoms with Gasteiger partial charge in [0.15, 0.2) is 5.69 Å². The standard InChI is InChI=1S/C19H22BrF3N4O3S/c20-14-2-1-3-15(24)13(14)11-27(7-4-12-5-8-31(29,30)9-6-12)18(28)16-10-17(26-25-16)19(21,22)23/h1-3,10,12H,4-9,11,24H2,(H,25,26). The first kappa shape index (κ1) is 23.6. The summed E-state index contributed by atoms with van der Waals surface area (Å²) in [6.07, 6.45) is -3.13. The lowest BCUT2D eigenvalue weighted by atomic mass is 9.98. The van der Waals surface area contributed by atoms with Crippen molar-refractivity contribution in [2.45, 2.75) is 32.0 Å². The van der Waals surface area contributed by atoms with Crippen LogP contribution in [0.15, 0.2) is 28.7 Å². The van der Waals surface area contributed by atoms with Crippen LogP contribution in [-0.2, 0) is 22.6 Å². The second kappa shape index (κ2) is 9.19. The van der Waals surface area contributed by atoms with E-state index in [9.17, 15) is 26.4 Å². The number of aromatic nitrogens is 2. The average Bonchev–Trinajstić information content (AvgIpc) is 3.18. The van der Waals surface area contributed by atoms with Crippen LogP contribution in [0.4, 0.5) is 18.9 Å². The summed E-state index contributed by atoms with van der Waals surface area (Å²) in [6.45, 7) is 0.322. The molecule has 1 saturated heterocycles. The highest BCUT2D eigenvalue weighted by Gasteiger charge is 2.35. The molecule has 0 bridgehead atoms. The van der Waals surface area contributed by atoms with Gasteiger partial charge >= 0.3 is 6.18 Å². The van der Waals surface area contributed by atoms with Crippen LogP contribution in [0.1, 0.15) is 41.0 Å². The molecule has 3 rings (SSSR count). The van der Waals surface area contributed by atoms with Crippen molar-refractivity contribution in [1.29, 1.82) is 0 Å². The molecule has 2 heterocycles. The zero-order valence-corrected chi connectivity index (χ0v) is 18.9. The first-order valence-corrected chi connectivity index (χ1v) is 12.2. The number of nitrogen functional groups attached to an aromatic ring is 1. The van der Waals surface area contributed by atoms with Crippen LogP contribution in [0.5, 0.6) is 0 Å². The number of rotatable bonds is 6. The number of nitrogens with zero attached hydrogens (tertiary/aromatic N) is 2. The van der Waals surface area contributed by atoms with Crippen molar-refractivity contribution in [2.24, 2.45) is 5.92 Å². The maximum atomic E-state index is 13.0. The predicted octanol–water partition coefficient (Wildman–Crippen LogP) is 3.63. The summed E-state index contributed by atoms with van der Waals surface area (Å²) in [5.41, 5.74) is 5.67. The number of carbonyl (C=O) groups is 1. The molecule has 0 saturated carbocycles. The van der Waals surface area contributed by atoms with Gasteiger partial charge in [-0.1, -0.05) is 22.0 Å². The van der Waals surface area contributed by atoms with E-state index in [0.29, 0.717) is 41.1 Å². The number of carbonyl (C=O) groups excluding carboxylic acids is 1. The van der Waals surface area contributed by atoms with Crippen molar-refractivity contribution in [3.05, 3.63) is 45.7 Å². The highest BCUT2D eigenvalue weighted by atomic mass is 79.9. The van der Waals surface area contributed by atoms with Gasteiger partial charge in [-0.2, -0.15) is 18.3 Å². The smallest absolute Gasteiger partial charge is 0.398 e. The largest absolute Gasteiger partial charge is 0.435 e. The summed E-state index contributed by atoms with van der Waals surface area (Å²) in [4.78, 5) is 14.4. The lowest BCUT2D eigenvalue weighted by Gasteiger charge is -2.27. The van der Waals surface area contributed by atoms with E-state index in [0.717, 1.165) is 0 Å². The minimum Gasteiger partial charge on any atom is -0.398 e. The van der Waals surface area contributed by atoms with Gasteiger partial charge < -0.3 is 10.6 Å². The van der Waals surface area contributed by atoms with Gasteiger partial charge in [-0.15, -0.1) is 0 Å². The van der Waals surface area contributed by atoms with Crippen molar-refractivity contribution in [2.75, 3.05) is 23.8 Å². The van der Waals surface area contributed by atoms with Gasteiger partial charge in [-0.25, -0.2) is 8.42 Å². The van der Waals surface area contributed by atoms with E-state index < -0.39 is 27.6 Å². The minimum atomic E-state index is -4.67. The fraction of sp³-hybridized carbons (Fsp3) is 0.474. The van der Waals surface area contributed by atoms with Crippen LogP contribution in [-0.4, -0.2) is 47.5 Å². The van der Waals surface area contributed by atoms with Crippen LogP contribution < -0.4 is 5.73 Å². The molecule has 1 aromatic carbocycles. The Bertz CT molecular complexity index is 1020. The molecule has 1 aliphatic heterocycles. The third-order valence-electron chi connectivity index (χ3n) is 5.37. The zero-order chi connectivity index (χ0) is 22.8. The van der Waals surface area contributed by atoms with E-state index in [4.69, 9.17) is 5.73 Å². The molecular weight excluding hydrogens is 501 g/mol. The second-order valence-corrected chi connectivity index (χ2v) is 10.7. The van der Waals surface area contributed by atoms with Crippen LogP contribution in [0.3, 0.4) is 0 Å². The SMILES string of the molecule is Nc1cccc(Br)c1CN(CCC1CCS(=O)(=O)CC1)C(=O)c1cc(C(F)(F)F)n[nH]1. The number of nitrogens with two attached hydrogens (primary N) is 1. The van der Waals surface area contributed by atoms with Gasteiger partial charge in [-0.3, -0.25) is 9.89 Å². The Hall–Kier alpha value is -2.08. The summed E-state index contributed by atoms with van der Waals surface area (Å²) in [6, 6.07) is 5.86. The minimum absolute atomic E-state index is 0.0808. The van der Waals surface area contributed by atoms with Gasteiger partial charge in [-0.05, 0) is 37.3 Å². The molecule has 3 N–H and O–H groups in total. The number of aromatic amines is 1. The molecule has 7 nitrogen and oxygen atoms in total. The van der Waals surface area contributed by atoms with Gasteiger partial charge in [0.2, 0.25) is 0 Å². The fourth-order valence-electron chi connectivity index (χ4n) is 3.50. The number of alkyl halides is 3. The molecule has 1 aliphatic rings. The quantitative estimate of drug-likeness (QED) is 0.563. The summed E-state index contributed by atoms with van der Waals surface area (Å²) < 4.78 is 62.6. The number of anilines is 1. The van der Waals surface area contributed by atoms with Crippen molar-refractivity contribution in [3.8, 4) is 0 Å². The molecular formula is C19H22BrF3N4O3S. The molecule has 1 fully saturated rings. The fourth-order valence-corrected chi connectivity index (χ4v) is 5.59. The van der Waals surface area contributed by atoms with Crippen molar-refractivity contribution < 1.29 is 26.4 Å². The Morgan fingerprint density at radius 3 is 2.55 bits per heavy atom. The van der Waals surface area contributed by atoms with E-state index in [-0.39, 0.29) is 36.2 Å². The first-order valence-electron chi connectivity index (χ1n) is 9.61. The summed E-state index contributed by atoms with van der Waals surface area (Å²) >= 11 is 3.40. The van der Waals surface area contributed by atoms with E-state index in [2.05, 4.69) is 26.1 Å². The number of hydrogen-bond donors (Lipinski definition) is 2. The van der Waals surface area contributed by atoms with Gasteiger partial charge in [0.05, 0.1) is 11.5 Å². The van der Waals surface area contributed by atoms with Crippen molar-refractivity contribution in [3.63, 3.8) is 0 Å². The number of benzene rings is 1. The highest BCUT2D eigenvalue weighted by Crippen LogP contribution is 2.29. The Kier molecular flexibility index (Phi) is 6.99. The predicted molar refractivity (Wildman–Crippen MR) is 113 cm³/mol. The van der Waals surface area contributed by atoms with Crippen LogP contribution in [0.25, 0.3) is 0 Å². The topological polar surface area (TPSA) is 109 Å². The highest BCUT2D eigenvalue weighted by molar-refractivity contribution is 9.10. The van der Waals surface area contributed by atoms with E-state index >= 15 is 0 Å². The van der Waals surface area contributed by atoms with Gasteiger partial charge in [0.1, 0.15) is 15.5 Å². The van der Waals surface area contributed by atoms with Crippen molar-refractivity contribution >= 4 is 37.4 Å². The van der Waals surface area contributed by atoms with Crippen LogP contribution >= 0.6 is 15.9 Å². The normalized spacial score (nSPS) is 16.9. The van der Waals surface area contributed by atoms with Crippen molar-refractivity contribution in [1.82, 2.24) is 15.1 Å². The van der Waals surface area contributed by atoms with E-state index in [1.807, 2.05) is 0 Å². The summed E-state index contributed by atoms with van der Waals surface area (Å²) in [5, 5.41) is 5.37. The maximum Gasteiger partial charge on any atom is 0.435 e. The molecule has 0 atom stereocenters. The number of amides is 1. The number of H-pyrrole nitrogens is 1. The molecule has 0 aliphatic carbocycles. The third kappa shape index (κ3) is 6.00. The van der Waals surface area contributed by atoms with E-state index in [1.165, 1.54) is 4.90 Å². The first-order chi connectivity index (χ1) is 14.5. The molecule has 170 valence electrons. The Labute approximate surface area is 186 Å². The Balaban J connectivity index is 1.80. The lowest BCUT2D eigenvalue weighted by Crippen LogP contribution is -2.34. The Morgan fingerprint density at radius 1 is 1.29 bits per heavy atom. The number of hydrogen-bond acceptors (Lipinski definition) is 5. The molecule has 1 aromatic heterocycles. The molecule has 0 spiro atoms. The van der Waals surface area contributed by atoms with E-state index in [1.54, 1.807) is 18.2 Å². The molecule has 0 unspecified atom stereocenters. The summed E-state index contributed by atoms with van der Waals surface area (Å²) in [5.74, 6) is -0.305. The zero-order valence-electron chi connectivity index (χ0n) is 16.5. The van der Waals surface area contributed by atoms with Crippen LogP contribution in [0.2, 0.25) is 0 Å². The molecule has 12 heteroatoms. The lowest BCUT2D eigenvalue weighted by molar-refractivity contribution is -0.141. The number of sulfone groups is 1. The molecule has 31 heavy (non-hydrogen) atoms. The molecule has 1 amide bonds. The summed E-state index contributed by atoms with van der Waals surface area (Å²) in [7, 11) is -3.01. The Morgan fingerprint density at radius 2 is 1.97 bits per heavy atom. The maximum absolute atomic E-state index is 13.0. The average molecular weight is 523 g/mol. The van der Waals surface area contributed by atoms with Gasteiger partial charge in [0, 0.05) is 34.9 Å². The van der Waals surface area contributed by atoms with Crippen LogP contribution in [0, 0.1) is 5.92 Å². The third-order valence-corrected chi connectivity index (χ3v) is 7.83. The molecule has 0 radical (unpaired) electrons. The second-order valence-electron chi connectivity index (χ2n) is 7.58.